The van der Waals surface area contributed by atoms with Crippen molar-refractivity contribution in [1.29, 1.82) is 0 Å². The Kier molecular flexibility index (Phi) is 28.9. The fraction of sp³-hybridized carbons (Fsp3) is 0.824. The molecular formula is C17H36O4. The third kappa shape index (κ3) is 24.5. The quantitative estimate of drug-likeness (QED) is 0.636. The maximum absolute atomic E-state index is 9.86. The molecule has 0 amide bonds. The molecule has 1 aliphatic rings. The SMILES string of the molecule is C1CCCCCCCCC1.CC=C(C)C(=O)O.CO.CO. The molecule has 4 heteroatoms. The Labute approximate surface area is 130 Å². The Morgan fingerprint density at radius 3 is 0.952 bits per heavy atom. The van der Waals surface area contributed by atoms with Crippen molar-refractivity contribution >= 4 is 5.97 Å². The maximum atomic E-state index is 9.86. The minimum Gasteiger partial charge on any atom is -0.478 e. The first-order chi connectivity index (χ1) is 10.2. The molecule has 3 N–H and O–H groups in total. The van der Waals surface area contributed by atoms with E-state index in [4.69, 9.17) is 15.3 Å². The lowest BCUT2D eigenvalue weighted by molar-refractivity contribution is -0.132. The molecule has 0 unspecified atom stereocenters. The van der Waals surface area contributed by atoms with E-state index in [1.54, 1.807) is 19.9 Å². The van der Waals surface area contributed by atoms with Gasteiger partial charge in [0.2, 0.25) is 0 Å². The van der Waals surface area contributed by atoms with Crippen LogP contribution in [0.2, 0.25) is 0 Å². The lowest BCUT2D eigenvalue weighted by Crippen LogP contribution is -1.93. The molecule has 0 atom stereocenters. The van der Waals surface area contributed by atoms with Gasteiger partial charge in [-0.05, 0) is 13.8 Å². The number of rotatable bonds is 1. The second-order valence-electron chi connectivity index (χ2n) is 4.81. The highest BCUT2D eigenvalue weighted by molar-refractivity contribution is 5.85. The van der Waals surface area contributed by atoms with Crippen molar-refractivity contribution in [2.75, 3.05) is 14.2 Å². The summed E-state index contributed by atoms with van der Waals surface area (Å²) < 4.78 is 0. The summed E-state index contributed by atoms with van der Waals surface area (Å²) in [6, 6.07) is 0. The number of carboxylic acid groups (broad SMARTS) is 1. The monoisotopic (exact) mass is 304 g/mol. The highest BCUT2D eigenvalue weighted by Crippen LogP contribution is 2.15. The van der Waals surface area contributed by atoms with Gasteiger partial charge in [-0.1, -0.05) is 70.3 Å². The standard InChI is InChI=1S/C10H20.C5H8O2.2CH4O/c1-2-4-6-8-10-9-7-5-3-1;1-3-4(2)5(6)7;2*1-2/h1-10H2;3H,1-2H3,(H,6,7);2*2H,1H3. The van der Waals surface area contributed by atoms with Gasteiger partial charge in [-0.2, -0.15) is 0 Å². The van der Waals surface area contributed by atoms with E-state index in [9.17, 15) is 4.79 Å². The third-order valence-corrected chi connectivity index (χ3v) is 3.27. The zero-order valence-corrected chi connectivity index (χ0v) is 14.4. The summed E-state index contributed by atoms with van der Waals surface area (Å²) in [4.78, 5) is 9.86. The van der Waals surface area contributed by atoms with E-state index in [0.717, 1.165) is 14.2 Å². The molecule has 0 aromatic carbocycles. The molecular weight excluding hydrogens is 268 g/mol. The van der Waals surface area contributed by atoms with Crippen molar-refractivity contribution in [3.05, 3.63) is 11.6 Å². The molecule has 1 aliphatic carbocycles. The third-order valence-electron chi connectivity index (χ3n) is 3.27. The fourth-order valence-electron chi connectivity index (χ4n) is 1.89. The van der Waals surface area contributed by atoms with Crippen molar-refractivity contribution in [1.82, 2.24) is 0 Å². The number of allylic oxidation sites excluding steroid dienone is 1. The zero-order chi connectivity index (χ0) is 16.9. The normalized spacial score (nSPS) is 15.8. The van der Waals surface area contributed by atoms with Crippen LogP contribution < -0.4 is 0 Å². The molecule has 1 fully saturated rings. The fourth-order valence-corrected chi connectivity index (χ4v) is 1.89. The van der Waals surface area contributed by atoms with E-state index in [0.29, 0.717) is 5.57 Å². The van der Waals surface area contributed by atoms with Crippen molar-refractivity contribution in [3.63, 3.8) is 0 Å². The van der Waals surface area contributed by atoms with E-state index in [-0.39, 0.29) is 0 Å². The van der Waals surface area contributed by atoms with Gasteiger partial charge in [0.25, 0.3) is 0 Å². The summed E-state index contributed by atoms with van der Waals surface area (Å²) in [7, 11) is 2.00. The van der Waals surface area contributed by atoms with Gasteiger partial charge in [0.1, 0.15) is 0 Å². The first-order valence-corrected chi connectivity index (χ1v) is 7.94. The molecule has 21 heavy (non-hydrogen) atoms. The van der Waals surface area contributed by atoms with Crippen LogP contribution in [0.1, 0.15) is 78.1 Å². The molecule has 0 aromatic rings. The molecule has 1 saturated carbocycles. The number of aliphatic hydroxyl groups excluding tert-OH is 2. The van der Waals surface area contributed by atoms with E-state index in [1.807, 2.05) is 0 Å². The smallest absolute Gasteiger partial charge is 0.330 e. The highest BCUT2D eigenvalue weighted by atomic mass is 16.4. The summed E-state index contributed by atoms with van der Waals surface area (Å²) in [6.45, 7) is 3.26. The molecule has 128 valence electrons. The minimum atomic E-state index is -0.845. The lowest BCUT2D eigenvalue weighted by Gasteiger charge is -2.05. The number of hydrogen-bond acceptors (Lipinski definition) is 3. The topological polar surface area (TPSA) is 77.8 Å². The highest BCUT2D eigenvalue weighted by Gasteiger charge is 1.96. The Morgan fingerprint density at radius 2 is 0.905 bits per heavy atom. The zero-order valence-electron chi connectivity index (χ0n) is 14.4. The average molecular weight is 304 g/mol. The van der Waals surface area contributed by atoms with Crippen molar-refractivity contribution in [2.45, 2.75) is 78.1 Å². The van der Waals surface area contributed by atoms with E-state index in [1.165, 1.54) is 64.2 Å². The van der Waals surface area contributed by atoms with Gasteiger partial charge in [0, 0.05) is 19.8 Å². The number of carboxylic acids is 1. The number of aliphatic hydroxyl groups is 2. The summed E-state index contributed by atoms with van der Waals surface area (Å²) in [5.74, 6) is -0.845. The Morgan fingerprint density at radius 1 is 0.714 bits per heavy atom. The Balaban J connectivity index is -0.000000260. The Bertz CT molecular complexity index is 192. The summed E-state index contributed by atoms with van der Waals surface area (Å²) in [5, 5.41) is 22.1. The van der Waals surface area contributed by atoms with Crippen LogP contribution in [0.5, 0.6) is 0 Å². The average Bonchev–Trinajstić information content (AvgIpc) is 2.56. The van der Waals surface area contributed by atoms with Crippen LogP contribution in [0.3, 0.4) is 0 Å². The Hall–Kier alpha value is -0.870. The van der Waals surface area contributed by atoms with E-state index in [2.05, 4.69) is 0 Å². The van der Waals surface area contributed by atoms with Crippen LogP contribution in [0, 0.1) is 0 Å². The molecule has 0 spiro atoms. The van der Waals surface area contributed by atoms with Crippen LogP contribution in [0.4, 0.5) is 0 Å². The minimum absolute atomic E-state index is 0.389. The van der Waals surface area contributed by atoms with Gasteiger partial charge in [0.05, 0.1) is 0 Å². The molecule has 0 radical (unpaired) electrons. The van der Waals surface area contributed by atoms with Gasteiger partial charge >= 0.3 is 5.97 Å². The van der Waals surface area contributed by atoms with E-state index >= 15 is 0 Å². The van der Waals surface area contributed by atoms with Crippen LogP contribution in [0.15, 0.2) is 11.6 Å². The number of aliphatic carboxylic acids is 1. The molecule has 0 heterocycles. The first-order valence-electron chi connectivity index (χ1n) is 7.94. The van der Waals surface area contributed by atoms with Gasteiger partial charge in [-0.25, -0.2) is 4.79 Å². The van der Waals surface area contributed by atoms with Gasteiger partial charge in [0.15, 0.2) is 0 Å². The maximum Gasteiger partial charge on any atom is 0.330 e. The van der Waals surface area contributed by atoms with Crippen molar-refractivity contribution in [2.24, 2.45) is 0 Å². The van der Waals surface area contributed by atoms with Gasteiger partial charge in [-0.15, -0.1) is 0 Å². The molecule has 0 bridgehead atoms. The molecule has 0 saturated heterocycles. The van der Waals surface area contributed by atoms with Crippen LogP contribution in [-0.4, -0.2) is 35.5 Å². The first kappa shape index (κ1) is 25.1. The molecule has 0 aromatic heterocycles. The summed E-state index contributed by atoms with van der Waals surface area (Å²) >= 11 is 0. The summed E-state index contributed by atoms with van der Waals surface area (Å²) in [6.07, 6.45) is 16.6. The molecule has 4 nitrogen and oxygen atoms in total. The predicted octanol–water partition coefficient (Wildman–Crippen LogP) is 4.16. The number of carbonyl (C=O) groups is 1. The van der Waals surface area contributed by atoms with E-state index < -0.39 is 5.97 Å². The summed E-state index contributed by atoms with van der Waals surface area (Å²) in [5.41, 5.74) is 0.389. The van der Waals surface area contributed by atoms with Crippen LogP contribution in [0.25, 0.3) is 0 Å². The largest absolute Gasteiger partial charge is 0.478 e. The van der Waals surface area contributed by atoms with Crippen LogP contribution in [-0.2, 0) is 4.79 Å². The van der Waals surface area contributed by atoms with Gasteiger partial charge in [-0.3, -0.25) is 0 Å². The second-order valence-corrected chi connectivity index (χ2v) is 4.81. The molecule has 1 rings (SSSR count). The molecule has 0 aliphatic heterocycles. The number of hydrogen-bond donors (Lipinski definition) is 3. The van der Waals surface area contributed by atoms with Crippen molar-refractivity contribution in [3.8, 4) is 0 Å². The van der Waals surface area contributed by atoms with Crippen LogP contribution >= 0.6 is 0 Å². The second kappa shape index (κ2) is 24.2. The lowest BCUT2D eigenvalue weighted by atomic mass is 10.0. The van der Waals surface area contributed by atoms with Gasteiger partial charge < -0.3 is 15.3 Å². The van der Waals surface area contributed by atoms with Crippen molar-refractivity contribution < 1.29 is 20.1 Å². The predicted molar refractivity (Wildman–Crippen MR) is 89.5 cm³/mol.